The lowest BCUT2D eigenvalue weighted by Gasteiger charge is -2.36. The van der Waals surface area contributed by atoms with Gasteiger partial charge in [-0.15, -0.1) is 0 Å². The van der Waals surface area contributed by atoms with Crippen molar-refractivity contribution in [2.75, 3.05) is 6.54 Å². The van der Waals surface area contributed by atoms with Crippen molar-refractivity contribution in [1.82, 2.24) is 0 Å². The molecular formula is C19H29N. The van der Waals surface area contributed by atoms with Gasteiger partial charge in [-0.3, -0.25) is 0 Å². The van der Waals surface area contributed by atoms with Crippen LogP contribution in [0.5, 0.6) is 0 Å². The fourth-order valence-electron chi connectivity index (χ4n) is 4.17. The minimum Gasteiger partial charge on any atom is -0.330 e. The fourth-order valence-corrected chi connectivity index (χ4v) is 4.17. The summed E-state index contributed by atoms with van der Waals surface area (Å²) in [6, 6.07) is 9.49. The number of hydrogen-bond donors (Lipinski definition) is 1. The molecule has 1 heteroatoms. The van der Waals surface area contributed by atoms with Gasteiger partial charge in [-0.25, -0.2) is 0 Å². The third-order valence-electron chi connectivity index (χ3n) is 5.90. The van der Waals surface area contributed by atoms with Crippen LogP contribution < -0.4 is 5.73 Å². The van der Waals surface area contributed by atoms with E-state index < -0.39 is 0 Å². The van der Waals surface area contributed by atoms with E-state index in [1.165, 1.54) is 44.9 Å². The van der Waals surface area contributed by atoms with E-state index in [0.717, 1.165) is 18.4 Å². The van der Waals surface area contributed by atoms with Crippen LogP contribution in [0.2, 0.25) is 0 Å². The summed E-state index contributed by atoms with van der Waals surface area (Å²) in [4.78, 5) is 0. The summed E-state index contributed by atoms with van der Waals surface area (Å²) in [5.41, 5.74) is 9.21. The summed E-state index contributed by atoms with van der Waals surface area (Å²) in [7, 11) is 0. The van der Waals surface area contributed by atoms with Gasteiger partial charge in [-0.05, 0) is 67.0 Å². The van der Waals surface area contributed by atoms with Gasteiger partial charge in [0.25, 0.3) is 0 Å². The fraction of sp³-hybridized carbons (Fsp3) is 0.684. The van der Waals surface area contributed by atoms with Gasteiger partial charge < -0.3 is 5.73 Å². The van der Waals surface area contributed by atoms with Gasteiger partial charge in [0.15, 0.2) is 0 Å². The molecule has 0 spiro atoms. The van der Waals surface area contributed by atoms with Crippen molar-refractivity contribution in [2.24, 2.45) is 17.6 Å². The first-order chi connectivity index (χ1) is 9.81. The second-order valence-corrected chi connectivity index (χ2v) is 6.99. The Labute approximate surface area is 124 Å². The molecule has 20 heavy (non-hydrogen) atoms. The van der Waals surface area contributed by atoms with Gasteiger partial charge in [0.1, 0.15) is 0 Å². The van der Waals surface area contributed by atoms with E-state index in [9.17, 15) is 0 Å². The lowest BCUT2D eigenvalue weighted by atomic mass is 9.69. The molecule has 2 N–H and O–H groups in total. The van der Waals surface area contributed by atoms with Crippen molar-refractivity contribution in [3.05, 3.63) is 35.4 Å². The first-order valence-electron chi connectivity index (χ1n) is 8.61. The second-order valence-electron chi connectivity index (χ2n) is 6.99. The van der Waals surface area contributed by atoms with Gasteiger partial charge in [-0.2, -0.15) is 0 Å². The molecule has 1 aromatic rings. The van der Waals surface area contributed by atoms with Crippen molar-refractivity contribution in [3.63, 3.8) is 0 Å². The third kappa shape index (κ3) is 2.79. The highest BCUT2D eigenvalue weighted by Crippen LogP contribution is 2.43. The summed E-state index contributed by atoms with van der Waals surface area (Å²) in [6.45, 7) is 3.20. The van der Waals surface area contributed by atoms with Gasteiger partial charge in [0.2, 0.25) is 0 Å². The van der Waals surface area contributed by atoms with E-state index >= 15 is 0 Å². The molecule has 0 aliphatic heterocycles. The van der Waals surface area contributed by atoms with Crippen LogP contribution in [0.25, 0.3) is 0 Å². The maximum Gasteiger partial charge on any atom is -0.00430 e. The quantitative estimate of drug-likeness (QED) is 0.834. The van der Waals surface area contributed by atoms with Crippen LogP contribution in [0.1, 0.15) is 74.8 Å². The molecule has 0 aromatic heterocycles. The summed E-state index contributed by atoms with van der Waals surface area (Å²) < 4.78 is 0. The summed E-state index contributed by atoms with van der Waals surface area (Å²) >= 11 is 0. The Hall–Kier alpha value is -0.820. The van der Waals surface area contributed by atoms with Crippen LogP contribution in [-0.2, 0) is 0 Å². The molecular weight excluding hydrogens is 242 g/mol. The standard InChI is InChI=1S/C19H29N/c1-2-14-9-10-18(13-20)19(11-14)17-8-4-7-16(12-17)15-5-3-6-15/h4,7-8,12,14-15,18-19H,2-3,5-6,9-11,13,20H2,1H3. The average molecular weight is 271 g/mol. The predicted molar refractivity (Wildman–Crippen MR) is 86.0 cm³/mol. The van der Waals surface area contributed by atoms with E-state index in [0.29, 0.717) is 11.8 Å². The predicted octanol–water partition coefficient (Wildman–Crippen LogP) is 4.82. The van der Waals surface area contributed by atoms with Crippen molar-refractivity contribution in [1.29, 1.82) is 0 Å². The van der Waals surface area contributed by atoms with Gasteiger partial charge in [-0.1, -0.05) is 50.5 Å². The summed E-state index contributed by atoms with van der Waals surface area (Å²) in [5.74, 6) is 3.17. The van der Waals surface area contributed by atoms with E-state index in [-0.39, 0.29) is 0 Å². The monoisotopic (exact) mass is 271 g/mol. The highest BCUT2D eigenvalue weighted by Gasteiger charge is 2.30. The minimum absolute atomic E-state index is 0.703. The molecule has 0 saturated heterocycles. The Morgan fingerprint density at radius 2 is 1.90 bits per heavy atom. The molecule has 0 heterocycles. The van der Waals surface area contributed by atoms with E-state index in [2.05, 4.69) is 31.2 Å². The van der Waals surface area contributed by atoms with Crippen molar-refractivity contribution in [3.8, 4) is 0 Å². The maximum atomic E-state index is 6.05. The van der Waals surface area contributed by atoms with E-state index in [1.807, 2.05) is 0 Å². The van der Waals surface area contributed by atoms with Gasteiger partial charge in [0.05, 0.1) is 0 Å². The average Bonchev–Trinajstić information content (AvgIpc) is 2.45. The Bertz CT molecular complexity index is 435. The minimum atomic E-state index is 0.703. The van der Waals surface area contributed by atoms with Crippen molar-refractivity contribution >= 4 is 0 Å². The lowest BCUT2D eigenvalue weighted by Crippen LogP contribution is -2.29. The zero-order valence-electron chi connectivity index (χ0n) is 12.9. The molecule has 0 bridgehead atoms. The van der Waals surface area contributed by atoms with Crippen LogP contribution in [0.3, 0.4) is 0 Å². The molecule has 110 valence electrons. The van der Waals surface area contributed by atoms with Crippen LogP contribution in [0.4, 0.5) is 0 Å². The Morgan fingerprint density at radius 1 is 1.10 bits per heavy atom. The number of hydrogen-bond acceptors (Lipinski definition) is 1. The summed E-state index contributed by atoms with van der Waals surface area (Å²) in [6.07, 6.45) is 9.60. The van der Waals surface area contributed by atoms with E-state index in [4.69, 9.17) is 5.73 Å². The lowest BCUT2D eigenvalue weighted by molar-refractivity contribution is 0.236. The first-order valence-corrected chi connectivity index (χ1v) is 8.61. The summed E-state index contributed by atoms with van der Waals surface area (Å²) in [5, 5.41) is 0. The Balaban J connectivity index is 1.81. The first kappa shape index (κ1) is 14.1. The molecule has 0 amide bonds. The molecule has 2 aliphatic rings. The largest absolute Gasteiger partial charge is 0.330 e. The zero-order valence-corrected chi connectivity index (χ0v) is 12.9. The van der Waals surface area contributed by atoms with E-state index in [1.54, 1.807) is 11.1 Å². The highest BCUT2D eigenvalue weighted by atomic mass is 14.6. The molecule has 3 rings (SSSR count). The maximum absolute atomic E-state index is 6.05. The molecule has 3 atom stereocenters. The zero-order chi connectivity index (χ0) is 13.9. The van der Waals surface area contributed by atoms with Crippen LogP contribution in [0, 0.1) is 11.8 Å². The number of nitrogens with two attached hydrogens (primary N) is 1. The molecule has 3 unspecified atom stereocenters. The molecule has 2 aliphatic carbocycles. The number of rotatable bonds is 4. The van der Waals surface area contributed by atoms with Crippen molar-refractivity contribution in [2.45, 2.75) is 63.7 Å². The molecule has 1 nitrogen and oxygen atoms in total. The van der Waals surface area contributed by atoms with Crippen LogP contribution >= 0.6 is 0 Å². The normalized spacial score (nSPS) is 31.0. The molecule has 2 saturated carbocycles. The van der Waals surface area contributed by atoms with Gasteiger partial charge in [0, 0.05) is 0 Å². The smallest absolute Gasteiger partial charge is 0.00430 e. The second kappa shape index (κ2) is 6.30. The Morgan fingerprint density at radius 3 is 2.55 bits per heavy atom. The van der Waals surface area contributed by atoms with Gasteiger partial charge >= 0.3 is 0 Å². The Kier molecular flexibility index (Phi) is 4.45. The van der Waals surface area contributed by atoms with Crippen molar-refractivity contribution < 1.29 is 0 Å². The van der Waals surface area contributed by atoms with Crippen LogP contribution in [-0.4, -0.2) is 6.54 Å². The topological polar surface area (TPSA) is 26.0 Å². The highest BCUT2D eigenvalue weighted by molar-refractivity contribution is 5.30. The van der Waals surface area contributed by atoms with Crippen LogP contribution in [0.15, 0.2) is 24.3 Å². The SMILES string of the molecule is CCC1CCC(CN)C(c2cccc(C3CCC3)c2)C1. The molecule has 0 radical (unpaired) electrons. The molecule has 1 aromatic carbocycles. The number of benzene rings is 1. The third-order valence-corrected chi connectivity index (χ3v) is 5.90. The molecule has 2 fully saturated rings.